The van der Waals surface area contributed by atoms with E-state index in [9.17, 15) is 19.8 Å². The number of nitrogens with two attached hydrogens (primary N) is 2. The first-order chi connectivity index (χ1) is 15.4. The molecule has 14 heteroatoms. The van der Waals surface area contributed by atoms with Crippen LogP contribution in [0.2, 0.25) is 0 Å². The highest BCUT2D eigenvalue weighted by Gasteiger charge is 2.49. The van der Waals surface area contributed by atoms with Crippen LogP contribution in [0.15, 0.2) is 12.7 Å². The SMILES string of the molecule is Nc1ncnc2c1ncn2C1OC(C(=O)O)C(NC(=O)C(N)CSC2CCCCO2)C1O. The molecule has 32 heavy (non-hydrogen) atoms. The van der Waals surface area contributed by atoms with E-state index >= 15 is 0 Å². The third-order valence-electron chi connectivity index (χ3n) is 5.42. The summed E-state index contributed by atoms with van der Waals surface area (Å²) in [5.41, 5.74) is 12.3. The van der Waals surface area contributed by atoms with Gasteiger partial charge < -0.3 is 36.5 Å². The Bertz CT molecular complexity index is 984. The van der Waals surface area contributed by atoms with Crippen molar-refractivity contribution in [3.05, 3.63) is 12.7 Å². The second kappa shape index (κ2) is 9.54. The molecule has 2 aliphatic heterocycles. The van der Waals surface area contributed by atoms with Crippen molar-refractivity contribution in [1.82, 2.24) is 24.8 Å². The first kappa shape index (κ1) is 22.7. The zero-order valence-corrected chi connectivity index (χ0v) is 17.9. The number of nitrogens with zero attached hydrogens (tertiary/aromatic N) is 4. The Morgan fingerprint density at radius 3 is 2.88 bits per heavy atom. The molecule has 0 bridgehead atoms. The topological polar surface area (TPSA) is 201 Å². The largest absolute Gasteiger partial charge is 0.479 e. The van der Waals surface area contributed by atoms with Crippen LogP contribution in [0, 0.1) is 0 Å². The molecule has 6 unspecified atom stereocenters. The van der Waals surface area contributed by atoms with Gasteiger partial charge in [-0.15, -0.1) is 11.8 Å². The van der Waals surface area contributed by atoms with Crippen molar-refractivity contribution in [2.45, 2.75) is 55.2 Å². The fourth-order valence-electron chi connectivity index (χ4n) is 3.73. The van der Waals surface area contributed by atoms with E-state index < -0.39 is 42.4 Å². The molecule has 174 valence electrons. The Morgan fingerprint density at radius 1 is 1.34 bits per heavy atom. The number of nitrogens with one attached hydrogen (secondary N) is 1. The molecule has 13 nitrogen and oxygen atoms in total. The summed E-state index contributed by atoms with van der Waals surface area (Å²) in [5.74, 6) is -1.50. The molecule has 0 spiro atoms. The molecule has 2 aliphatic rings. The van der Waals surface area contributed by atoms with Crippen LogP contribution >= 0.6 is 11.8 Å². The number of anilines is 1. The summed E-state index contributed by atoms with van der Waals surface area (Å²) in [7, 11) is 0. The van der Waals surface area contributed by atoms with Crippen LogP contribution in [0.1, 0.15) is 25.5 Å². The fourth-order valence-corrected chi connectivity index (χ4v) is 4.83. The number of hydrogen-bond donors (Lipinski definition) is 5. The number of nitrogen functional groups attached to an aromatic ring is 1. The first-order valence-corrected chi connectivity index (χ1v) is 11.2. The van der Waals surface area contributed by atoms with E-state index in [0.717, 1.165) is 19.3 Å². The van der Waals surface area contributed by atoms with Gasteiger partial charge in [-0.05, 0) is 19.3 Å². The number of hydrogen-bond acceptors (Lipinski definition) is 11. The van der Waals surface area contributed by atoms with Crippen LogP contribution in [0.25, 0.3) is 11.2 Å². The molecular formula is C18H25N7O6S. The van der Waals surface area contributed by atoms with E-state index in [0.29, 0.717) is 12.4 Å². The molecule has 2 saturated heterocycles. The predicted octanol–water partition coefficient (Wildman–Crippen LogP) is -1.18. The number of rotatable bonds is 7. The van der Waals surface area contributed by atoms with Gasteiger partial charge in [-0.1, -0.05) is 0 Å². The van der Waals surface area contributed by atoms with Crippen LogP contribution in [0.4, 0.5) is 5.82 Å². The normalized spacial score (nSPS) is 29.1. The molecule has 7 N–H and O–H groups in total. The number of ether oxygens (including phenoxy) is 2. The van der Waals surface area contributed by atoms with Gasteiger partial charge >= 0.3 is 5.97 Å². The van der Waals surface area contributed by atoms with Gasteiger partial charge in [-0.2, -0.15) is 0 Å². The number of aliphatic hydroxyl groups is 1. The van der Waals surface area contributed by atoms with Gasteiger partial charge in [0, 0.05) is 12.4 Å². The maximum atomic E-state index is 12.6. The van der Waals surface area contributed by atoms with Crippen molar-refractivity contribution >= 4 is 40.6 Å². The lowest BCUT2D eigenvalue weighted by Gasteiger charge is -2.24. The molecule has 6 atom stereocenters. The van der Waals surface area contributed by atoms with E-state index in [-0.39, 0.29) is 22.4 Å². The standard InChI is InChI=1S/C18H25N7O6S/c19-8(5-32-9-3-1-2-4-30-9)16(27)24-10-12(26)17(31-13(10)18(28)29)25-7-23-11-14(20)21-6-22-15(11)25/h6-10,12-13,17,26H,1-5,19H2,(H,24,27)(H,28,29)(H2,20,21,22). The Labute approximate surface area is 186 Å². The minimum atomic E-state index is -1.50. The smallest absolute Gasteiger partial charge is 0.335 e. The number of carboxylic acid groups (broad SMARTS) is 1. The van der Waals surface area contributed by atoms with Crippen LogP contribution < -0.4 is 16.8 Å². The number of fused-ring (bicyclic) bond motifs is 1. The minimum Gasteiger partial charge on any atom is -0.479 e. The van der Waals surface area contributed by atoms with Crippen LogP contribution in [0.3, 0.4) is 0 Å². The average molecular weight is 468 g/mol. The van der Waals surface area contributed by atoms with E-state index in [1.807, 2.05) is 0 Å². The maximum absolute atomic E-state index is 12.6. The number of carboxylic acids is 1. The molecule has 4 rings (SSSR count). The van der Waals surface area contributed by atoms with E-state index in [1.54, 1.807) is 0 Å². The van der Waals surface area contributed by atoms with Crippen molar-refractivity contribution in [3.8, 4) is 0 Å². The van der Waals surface area contributed by atoms with Crippen molar-refractivity contribution in [2.24, 2.45) is 5.73 Å². The van der Waals surface area contributed by atoms with Crippen molar-refractivity contribution in [2.75, 3.05) is 18.1 Å². The molecular weight excluding hydrogens is 442 g/mol. The zero-order valence-electron chi connectivity index (χ0n) is 17.0. The molecule has 0 saturated carbocycles. The lowest BCUT2D eigenvalue weighted by Crippen LogP contribution is -2.54. The lowest BCUT2D eigenvalue weighted by atomic mass is 10.1. The minimum absolute atomic E-state index is 0.0110. The Morgan fingerprint density at radius 2 is 2.16 bits per heavy atom. The van der Waals surface area contributed by atoms with Crippen molar-refractivity contribution in [3.63, 3.8) is 0 Å². The second-order valence-corrected chi connectivity index (χ2v) is 8.82. The van der Waals surface area contributed by atoms with Gasteiger partial charge in [0.2, 0.25) is 5.91 Å². The Kier molecular flexibility index (Phi) is 6.76. The van der Waals surface area contributed by atoms with E-state index in [4.69, 9.17) is 20.9 Å². The zero-order chi connectivity index (χ0) is 22.8. The Hall–Kier alpha value is -2.52. The number of carbonyl (C=O) groups excluding carboxylic acids is 1. The van der Waals surface area contributed by atoms with E-state index in [2.05, 4.69) is 20.3 Å². The van der Waals surface area contributed by atoms with Gasteiger partial charge in [0.15, 0.2) is 23.8 Å². The molecule has 0 aromatic carbocycles. The van der Waals surface area contributed by atoms with Crippen molar-refractivity contribution < 1.29 is 29.3 Å². The molecule has 0 radical (unpaired) electrons. The Balaban J connectivity index is 1.45. The van der Waals surface area contributed by atoms with Crippen LogP contribution in [0.5, 0.6) is 0 Å². The quantitative estimate of drug-likeness (QED) is 0.327. The second-order valence-electron chi connectivity index (χ2n) is 7.63. The number of aliphatic hydroxyl groups excluding tert-OH is 1. The summed E-state index contributed by atoms with van der Waals surface area (Å²) in [6.07, 6.45) is 1.44. The molecule has 1 amide bonds. The number of aliphatic carboxylic acids is 1. The molecule has 4 heterocycles. The van der Waals surface area contributed by atoms with Gasteiger partial charge in [-0.25, -0.2) is 19.7 Å². The summed E-state index contributed by atoms with van der Waals surface area (Å²) in [6, 6.07) is -2.14. The average Bonchev–Trinajstić information content (AvgIpc) is 3.35. The van der Waals surface area contributed by atoms with Gasteiger partial charge in [-0.3, -0.25) is 9.36 Å². The monoisotopic (exact) mass is 467 g/mol. The van der Waals surface area contributed by atoms with Gasteiger partial charge in [0.25, 0.3) is 0 Å². The summed E-state index contributed by atoms with van der Waals surface area (Å²) in [5, 5.41) is 23.0. The van der Waals surface area contributed by atoms with Crippen LogP contribution in [-0.4, -0.2) is 83.7 Å². The van der Waals surface area contributed by atoms with E-state index in [1.165, 1.54) is 29.0 Å². The number of carbonyl (C=O) groups is 2. The number of thioether (sulfide) groups is 1. The van der Waals surface area contributed by atoms with Gasteiger partial charge in [0.1, 0.15) is 23.4 Å². The molecule has 0 aliphatic carbocycles. The van der Waals surface area contributed by atoms with Gasteiger partial charge in [0.05, 0.1) is 18.4 Å². The highest BCUT2D eigenvalue weighted by atomic mass is 32.2. The molecule has 2 fully saturated rings. The summed E-state index contributed by atoms with van der Waals surface area (Å²) in [6.45, 7) is 0.686. The lowest BCUT2D eigenvalue weighted by molar-refractivity contribution is -0.152. The summed E-state index contributed by atoms with van der Waals surface area (Å²) in [4.78, 5) is 36.4. The fraction of sp³-hybridized carbons (Fsp3) is 0.611. The molecule has 2 aromatic heterocycles. The highest BCUT2D eigenvalue weighted by molar-refractivity contribution is 7.99. The summed E-state index contributed by atoms with van der Waals surface area (Å²) < 4.78 is 12.5. The van der Waals surface area contributed by atoms with Crippen molar-refractivity contribution in [1.29, 1.82) is 0 Å². The first-order valence-electron chi connectivity index (χ1n) is 10.2. The highest BCUT2D eigenvalue weighted by Crippen LogP contribution is 2.32. The number of amides is 1. The third kappa shape index (κ3) is 4.49. The molecule has 2 aromatic rings. The predicted molar refractivity (Wildman–Crippen MR) is 113 cm³/mol. The third-order valence-corrected chi connectivity index (χ3v) is 6.72. The number of aromatic nitrogens is 4. The van der Waals surface area contributed by atoms with Crippen LogP contribution in [-0.2, 0) is 19.1 Å². The summed E-state index contributed by atoms with van der Waals surface area (Å²) >= 11 is 1.44. The maximum Gasteiger partial charge on any atom is 0.335 e. The number of imidazole rings is 1.